The molecule has 3 aromatic heterocycles. The summed E-state index contributed by atoms with van der Waals surface area (Å²) in [6, 6.07) is 4.31. The van der Waals surface area contributed by atoms with Crippen molar-refractivity contribution < 1.29 is 5.71 Å². The molecular weight excluding hydrogens is 1610 g/mol. The summed E-state index contributed by atoms with van der Waals surface area (Å²) in [6.07, 6.45) is 41.5. The summed E-state index contributed by atoms with van der Waals surface area (Å²) in [7, 11) is 11.7. The van der Waals surface area contributed by atoms with E-state index < -0.39 is 0 Å². The van der Waals surface area contributed by atoms with Gasteiger partial charge in [0.25, 0.3) is 0 Å². The summed E-state index contributed by atoms with van der Waals surface area (Å²) in [4.78, 5) is 88.0. The first-order valence-corrected chi connectivity index (χ1v) is 52.9. The number of hydrogen-bond donors (Lipinski definition) is 0. The second kappa shape index (κ2) is 47.8. The lowest BCUT2D eigenvalue weighted by Gasteiger charge is -2.56. The highest BCUT2D eigenvalue weighted by atomic mass is 15.5. The number of unbranched alkanes of at least 4 members (excludes halogenated alkanes) is 14. The summed E-state index contributed by atoms with van der Waals surface area (Å²) < 4.78 is 0. The molecule has 3 aromatic rings. The monoisotopic (exact) mass is 1810 g/mol. The Balaban J connectivity index is 0.00000938. The van der Waals surface area contributed by atoms with E-state index in [1.165, 1.54) is 0 Å². The fourth-order valence-electron chi connectivity index (χ4n) is 23.0. The van der Waals surface area contributed by atoms with Crippen LogP contribution in [0.25, 0.3) is 0 Å². The van der Waals surface area contributed by atoms with Gasteiger partial charge in [0.15, 0.2) is 0 Å². The maximum Gasteiger partial charge on any atom is 0.243 e. The number of rotatable bonds is 52. The number of piperidine rings is 5. The number of aromatic nitrogens is 9. The maximum atomic E-state index is 6.18. The van der Waals surface area contributed by atoms with Crippen LogP contribution in [0.5, 0.6) is 0 Å². The smallest absolute Gasteiger partial charge is 0.243 e. The molecule has 0 radical (unpaired) electrons. The van der Waals surface area contributed by atoms with Crippen LogP contribution in [-0.4, -0.2) is 269 Å². The van der Waals surface area contributed by atoms with Gasteiger partial charge < -0.3 is 39.2 Å². The van der Waals surface area contributed by atoms with Crippen molar-refractivity contribution >= 4 is 53.5 Å². The van der Waals surface area contributed by atoms with Crippen molar-refractivity contribution in [2.24, 2.45) is 0 Å². The molecule has 5 aliphatic rings. The van der Waals surface area contributed by atoms with E-state index in [4.69, 9.17) is 51.3 Å². The minimum Gasteiger partial charge on any atom is -0.341 e. The van der Waals surface area contributed by atoms with Crippen LogP contribution in [0.2, 0.25) is 0 Å². The lowest BCUT2D eigenvalue weighted by Crippen LogP contribution is -2.63. The number of anilines is 9. The molecule has 0 spiro atoms. The fourth-order valence-corrected chi connectivity index (χ4v) is 23.0. The van der Waals surface area contributed by atoms with Gasteiger partial charge in [-0.25, -0.2) is 0 Å². The molecule has 5 fully saturated rings. The van der Waals surface area contributed by atoms with E-state index in [1.807, 2.05) is 4.90 Å². The van der Waals surface area contributed by atoms with Crippen molar-refractivity contribution in [2.45, 2.75) is 498 Å². The molecule has 130 heavy (non-hydrogen) atoms. The predicted octanol–water partition coefficient (Wildman–Crippen LogP) is 23.3. The summed E-state index contributed by atoms with van der Waals surface area (Å²) in [5.74, 6) is 12.8. The molecule has 5 aliphatic heterocycles. The van der Waals surface area contributed by atoms with Gasteiger partial charge in [0, 0.05) is 182 Å². The van der Waals surface area contributed by atoms with Gasteiger partial charge in [-0.2, -0.15) is 44.9 Å². The van der Waals surface area contributed by atoms with Crippen LogP contribution in [0.15, 0.2) is 0 Å². The summed E-state index contributed by atoms with van der Waals surface area (Å²) >= 11 is 0. The zero-order chi connectivity index (χ0) is 96.2. The van der Waals surface area contributed by atoms with E-state index in [0.29, 0.717) is 12.5 Å². The highest BCUT2D eigenvalue weighted by Crippen LogP contribution is 2.48. The molecule has 0 N–H and O–H groups in total. The second-order valence-corrected chi connectivity index (χ2v) is 47.1. The van der Waals surface area contributed by atoms with Gasteiger partial charge >= 0.3 is 0 Å². The minimum absolute atomic E-state index is 0. The highest BCUT2D eigenvalue weighted by Gasteiger charge is 2.52. The topological polar surface area (TPSA) is 161 Å². The Morgan fingerprint density at radius 1 is 0.238 bits per heavy atom. The first kappa shape index (κ1) is 109. The maximum absolute atomic E-state index is 6.18. The van der Waals surface area contributed by atoms with Crippen molar-refractivity contribution in [3.05, 3.63) is 0 Å². The normalized spacial score (nSPS) is 20.6. The Labute approximate surface area is 804 Å². The number of nitrogens with zero attached hydrogens (tertiary/aromatic N) is 23. The average molecular weight is 1810 g/mol. The van der Waals surface area contributed by atoms with Crippen LogP contribution in [0.4, 0.5) is 53.5 Å². The molecule has 5 saturated heterocycles. The molecule has 0 unspecified atom stereocenters. The molecule has 0 aromatic carbocycles. The Kier molecular flexibility index (Phi) is 40.2. The van der Waals surface area contributed by atoms with Crippen LogP contribution in [-0.2, 0) is 0 Å². The number of hydrogen-bond acceptors (Lipinski definition) is 23. The largest absolute Gasteiger partial charge is 0.341 e. The SMILES string of the molecule is C#CC#CN(CCCC)c1nc(N(CCCC)CCCC)nc(N(CCCCCCN(c2nc(N(CCCC)C3CC(C)(C)N(C)C(C)(C)C3)nc(N(CCCCCCN(c3nc(N(CCCC)CCCC)nc(N(CCCC)CCCC)n3)C3CC(C)(C)N(C)C(C)(C)C3)C3CC(C)(C)N(C)C(C)(C)C3)n2)C2CC(C)(C)N(C)C(C)(C)C2)C2CC(C)(C)N(C)C(C)(C)C2)n1.[HH].[HH].[HH].[HH]. The van der Waals surface area contributed by atoms with E-state index >= 15 is 0 Å². The van der Waals surface area contributed by atoms with Crippen LogP contribution < -0.4 is 44.1 Å². The molecule has 8 rings (SSSR count). The molecule has 8 heterocycles. The van der Waals surface area contributed by atoms with Crippen LogP contribution in [0, 0.1) is 24.3 Å². The molecule has 748 valence electrons. The molecule has 23 heteroatoms. The molecule has 0 saturated carbocycles. The fraction of sp³-hybridized carbons (Fsp3) is 0.879. The number of terminal acetylenes is 1. The molecule has 23 nitrogen and oxygen atoms in total. The molecule has 0 amide bonds. The van der Waals surface area contributed by atoms with Crippen molar-refractivity contribution in [3.8, 4) is 24.3 Å². The van der Waals surface area contributed by atoms with Gasteiger partial charge in [0.2, 0.25) is 53.5 Å². The standard InChI is InChI=1S/C107H197N23.4H2/c1-35-44-61-122(62-45-36-2)89-108-90(123(63-46-37-3)64-47-38-4)111-93(110-89)127(85-76-100(14,15)118(31)101(16,17)77-85)70-57-53-55-59-72-129(87-80-104(22,23)120(33)105(24,25)81-87)96-114-95(126(69-52-43-9)84-74-98(10,11)117(30)99(12,13)75-84)115-97(116-96)130(88-82-106(26,27)121(34)107(28,29)83-88)73-60-56-54-58-71-128(86-78-102(18,19)119(32)103(20,21)79-86)94-112-91(124(65-48-39-5)66-49-40-6)109-92(113-94)125(67-50-41-7)68-51-42-8;;;;/h1,84-88H,36-43,45-60,62-83H2,2-34H3;4*1H. The van der Waals surface area contributed by atoms with Gasteiger partial charge in [-0.15, -0.1) is 6.42 Å². The van der Waals surface area contributed by atoms with Gasteiger partial charge in [-0.3, -0.25) is 29.4 Å². The van der Waals surface area contributed by atoms with Crippen molar-refractivity contribution in [1.82, 2.24) is 69.4 Å². The van der Waals surface area contributed by atoms with Crippen molar-refractivity contribution in [3.63, 3.8) is 0 Å². The zero-order valence-corrected chi connectivity index (χ0v) is 90.3. The van der Waals surface area contributed by atoms with E-state index in [2.05, 4.69) is 311 Å². The Hall–Kier alpha value is -5.85. The molecule has 0 aliphatic carbocycles. The quantitative estimate of drug-likeness (QED) is 0.0298. The highest BCUT2D eigenvalue weighted by molar-refractivity contribution is 5.53. The van der Waals surface area contributed by atoms with E-state index in [0.717, 1.165) is 338 Å². The summed E-state index contributed by atoms with van der Waals surface area (Å²) in [6.45, 7) is 78.1. The summed E-state index contributed by atoms with van der Waals surface area (Å²) in [5, 5.41) is 0. The first-order chi connectivity index (χ1) is 61.1. The van der Waals surface area contributed by atoms with Gasteiger partial charge in [0.05, 0.1) is 0 Å². The van der Waals surface area contributed by atoms with Crippen LogP contribution >= 0.6 is 0 Å². The summed E-state index contributed by atoms with van der Waals surface area (Å²) in [5.41, 5.74) is -0.704. The van der Waals surface area contributed by atoms with E-state index in [9.17, 15) is 0 Å². The molecule has 0 bridgehead atoms. The Morgan fingerprint density at radius 2 is 0.400 bits per heavy atom. The second-order valence-electron chi connectivity index (χ2n) is 47.1. The van der Waals surface area contributed by atoms with Crippen molar-refractivity contribution in [1.29, 1.82) is 0 Å². The van der Waals surface area contributed by atoms with Gasteiger partial charge in [0.1, 0.15) is 0 Å². The third-order valence-electron chi connectivity index (χ3n) is 32.3. The van der Waals surface area contributed by atoms with Gasteiger partial charge in [-0.05, 0) is 321 Å². The van der Waals surface area contributed by atoms with Crippen LogP contribution in [0.3, 0.4) is 0 Å². The van der Waals surface area contributed by atoms with E-state index in [1.54, 1.807) is 0 Å². The minimum atomic E-state index is -0.0969. The van der Waals surface area contributed by atoms with Gasteiger partial charge in [-0.1, -0.05) is 132 Å². The zero-order valence-electron chi connectivity index (χ0n) is 90.3. The molecule has 0 atom stereocenters. The van der Waals surface area contributed by atoms with Crippen LogP contribution in [0.1, 0.15) is 418 Å². The number of likely N-dealkylation sites (tertiary alicyclic amines) is 5. The van der Waals surface area contributed by atoms with Crippen molar-refractivity contribution in [2.75, 3.05) is 158 Å². The average Bonchev–Trinajstić information content (AvgIpc) is 0.759. The molecular formula is C107H205N23. The Morgan fingerprint density at radius 3 is 0.600 bits per heavy atom. The third kappa shape index (κ3) is 28.7. The lowest BCUT2D eigenvalue weighted by atomic mass is 9.77. The Bertz CT molecular complexity index is 3870. The third-order valence-corrected chi connectivity index (χ3v) is 32.3. The lowest BCUT2D eigenvalue weighted by molar-refractivity contribution is -0.0136. The predicted molar refractivity (Wildman–Crippen MR) is 566 cm³/mol. The van der Waals surface area contributed by atoms with E-state index in [-0.39, 0.29) is 91.3 Å². The first-order valence-electron chi connectivity index (χ1n) is 52.9.